The average Bonchev–Trinajstić information content (AvgIpc) is 2.80. The highest BCUT2D eigenvalue weighted by molar-refractivity contribution is 5.81. The lowest BCUT2D eigenvalue weighted by atomic mass is 10.0. The third-order valence-electron chi connectivity index (χ3n) is 6.47. The second-order valence-corrected chi connectivity index (χ2v) is 9.78. The zero-order valence-corrected chi connectivity index (χ0v) is 22.1. The van der Waals surface area contributed by atoms with Gasteiger partial charge in [-0.25, -0.2) is 4.79 Å². The summed E-state index contributed by atoms with van der Waals surface area (Å²) >= 11 is 0. The van der Waals surface area contributed by atoms with Crippen molar-refractivity contribution in [2.75, 3.05) is 6.61 Å². The molecule has 32 heavy (non-hydrogen) atoms. The zero-order chi connectivity index (χ0) is 23.4. The van der Waals surface area contributed by atoms with Crippen LogP contribution in [0.25, 0.3) is 0 Å². The van der Waals surface area contributed by atoms with Crippen molar-refractivity contribution in [2.24, 2.45) is 0 Å². The van der Waals surface area contributed by atoms with E-state index in [-0.39, 0.29) is 5.97 Å². The molecule has 0 atom stereocenters. The van der Waals surface area contributed by atoms with Crippen LogP contribution in [0.3, 0.4) is 0 Å². The molecule has 0 spiro atoms. The van der Waals surface area contributed by atoms with Gasteiger partial charge in [-0.2, -0.15) is 0 Å². The van der Waals surface area contributed by atoms with Crippen molar-refractivity contribution in [2.45, 2.75) is 168 Å². The SMILES string of the molecule is CCCCCCCCCCCCCCCCCC=CC(=O)OCCCCCCCCCC. The van der Waals surface area contributed by atoms with Gasteiger partial charge >= 0.3 is 5.97 Å². The van der Waals surface area contributed by atoms with Crippen LogP contribution in [0, 0.1) is 0 Å². The van der Waals surface area contributed by atoms with E-state index < -0.39 is 0 Å². The van der Waals surface area contributed by atoms with Gasteiger partial charge in [0, 0.05) is 6.08 Å². The molecule has 0 heterocycles. The van der Waals surface area contributed by atoms with Gasteiger partial charge in [-0.05, 0) is 19.3 Å². The van der Waals surface area contributed by atoms with Crippen LogP contribution in [0.5, 0.6) is 0 Å². The van der Waals surface area contributed by atoms with Gasteiger partial charge in [-0.15, -0.1) is 0 Å². The Balaban J connectivity index is 3.21. The molecule has 0 aliphatic rings. The molecule has 0 saturated heterocycles. The fraction of sp³-hybridized carbons (Fsp3) is 0.900. The Kier molecular flexibility index (Phi) is 27.5. The first-order chi connectivity index (χ1) is 15.8. The van der Waals surface area contributed by atoms with E-state index in [1.165, 1.54) is 141 Å². The fourth-order valence-electron chi connectivity index (χ4n) is 4.27. The van der Waals surface area contributed by atoms with Gasteiger partial charge in [0.1, 0.15) is 0 Å². The summed E-state index contributed by atoms with van der Waals surface area (Å²) in [6.07, 6.45) is 35.7. The zero-order valence-electron chi connectivity index (χ0n) is 22.1. The summed E-state index contributed by atoms with van der Waals surface area (Å²) in [5.74, 6) is -0.158. The van der Waals surface area contributed by atoms with Crippen molar-refractivity contribution in [3.05, 3.63) is 12.2 Å². The molecule has 0 aromatic carbocycles. The monoisotopic (exact) mass is 450 g/mol. The Morgan fingerprint density at radius 3 is 1.25 bits per heavy atom. The van der Waals surface area contributed by atoms with Gasteiger partial charge < -0.3 is 4.74 Å². The number of hydrogen-bond acceptors (Lipinski definition) is 2. The molecule has 0 saturated carbocycles. The molecule has 190 valence electrons. The first-order valence-electron chi connectivity index (χ1n) is 14.6. The summed E-state index contributed by atoms with van der Waals surface area (Å²) < 4.78 is 5.29. The molecule has 0 aliphatic carbocycles. The van der Waals surface area contributed by atoms with Crippen LogP contribution in [0.1, 0.15) is 168 Å². The predicted molar refractivity (Wildman–Crippen MR) is 142 cm³/mol. The van der Waals surface area contributed by atoms with Gasteiger partial charge in [-0.3, -0.25) is 0 Å². The lowest BCUT2D eigenvalue weighted by molar-refractivity contribution is -0.137. The topological polar surface area (TPSA) is 26.3 Å². The first-order valence-corrected chi connectivity index (χ1v) is 14.6. The molecule has 0 radical (unpaired) electrons. The minimum absolute atomic E-state index is 0.158. The van der Waals surface area contributed by atoms with Gasteiger partial charge in [0.25, 0.3) is 0 Å². The van der Waals surface area contributed by atoms with Crippen molar-refractivity contribution >= 4 is 5.97 Å². The molecule has 0 bridgehead atoms. The number of unbranched alkanes of at least 4 members (excludes halogenated alkanes) is 22. The van der Waals surface area contributed by atoms with Crippen LogP contribution in [0.2, 0.25) is 0 Å². The van der Waals surface area contributed by atoms with E-state index in [1.54, 1.807) is 6.08 Å². The normalized spacial score (nSPS) is 11.4. The molecule has 0 amide bonds. The Morgan fingerprint density at radius 2 is 0.844 bits per heavy atom. The Morgan fingerprint density at radius 1 is 0.500 bits per heavy atom. The predicted octanol–water partition coefficient (Wildman–Crippen LogP) is 10.5. The van der Waals surface area contributed by atoms with E-state index in [0.717, 1.165) is 12.8 Å². The van der Waals surface area contributed by atoms with Crippen LogP contribution in [-0.2, 0) is 9.53 Å². The molecule has 0 unspecified atom stereocenters. The van der Waals surface area contributed by atoms with E-state index in [1.807, 2.05) is 6.08 Å². The van der Waals surface area contributed by atoms with Crippen LogP contribution in [-0.4, -0.2) is 12.6 Å². The standard InChI is InChI=1S/C30H58O2/c1-3-5-7-9-11-13-14-15-16-17-18-19-20-21-22-24-26-28-30(31)32-29-27-25-23-12-10-8-6-4-2/h26,28H,3-25,27,29H2,1-2H3. The van der Waals surface area contributed by atoms with E-state index in [9.17, 15) is 4.79 Å². The summed E-state index contributed by atoms with van der Waals surface area (Å²) in [6, 6.07) is 0. The molecular formula is C30H58O2. The van der Waals surface area contributed by atoms with Crippen molar-refractivity contribution in [1.29, 1.82) is 0 Å². The molecule has 2 nitrogen and oxygen atoms in total. The van der Waals surface area contributed by atoms with Crippen molar-refractivity contribution in [3.63, 3.8) is 0 Å². The van der Waals surface area contributed by atoms with Gasteiger partial charge in [0.2, 0.25) is 0 Å². The highest BCUT2D eigenvalue weighted by Crippen LogP contribution is 2.14. The third kappa shape index (κ3) is 27.2. The number of ether oxygens (including phenoxy) is 1. The summed E-state index contributed by atoms with van der Waals surface area (Å²) in [7, 11) is 0. The maximum absolute atomic E-state index is 11.7. The Hall–Kier alpha value is -0.790. The minimum Gasteiger partial charge on any atom is -0.463 e. The van der Waals surface area contributed by atoms with E-state index in [4.69, 9.17) is 4.74 Å². The largest absolute Gasteiger partial charge is 0.463 e. The minimum atomic E-state index is -0.158. The quantitative estimate of drug-likeness (QED) is 0.0744. The van der Waals surface area contributed by atoms with Gasteiger partial charge in [-0.1, -0.05) is 155 Å². The second kappa shape index (κ2) is 28.2. The van der Waals surface area contributed by atoms with E-state index >= 15 is 0 Å². The van der Waals surface area contributed by atoms with Crippen LogP contribution >= 0.6 is 0 Å². The molecule has 0 N–H and O–H groups in total. The lowest BCUT2D eigenvalue weighted by Crippen LogP contribution is -2.02. The maximum atomic E-state index is 11.7. The number of carbonyl (C=O) groups excluding carboxylic acids is 1. The molecule has 0 rings (SSSR count). The highest BCUT2D eigenvalue weighted by Gasteiger charge is 1.98. The summed E-state index contributed by atoms with van der Waals surface area (Å²) in [4.78, 5) is 11.7. The van der Waals surface area contributed by atoms with Crippen LogP contribution < -0.4 is 0 Å². The first kappa shape index (κ1) is 31.2. The summed E-state index contributed by atoms with van der Waals surface area (Å²) in [5.41, 5.74) is 0. The average molecular weight is 451 g/mol. The van der Waals surface area contributed by atoms with Crippen LogP contribution in [0.15, 0.2) is 12.2 Å². The number of allylic oxidation sites excluding steroid dienone is 1. The van der Waals surface area contributed by atoms with E-state index in [0.29, 0.717) is 6.61 Å². The Labute approximate surface area is 202 Å². The van der Waals surface area contributed by atoms with Crippen molar-refractivity contribution in [3.8, 4) is 0 Å². The number of esters is 1. The second-order valence-electron chi connectivity index (χ2n) is 9.78. The van der Waals surface area contributed by atoms with E-state index in [2.05, 4.69) is 13.8 Å². The molecule has 0 aliphatic heterocycles. The number of rotatable bonds is 26. The molecule has 0 aromatic rings. The molecular weight excluding hydrogens is 392 g/mol. The summed E-state index contributed by atoms with van der Waals surface area (Å²) in [5, 5.41) is 0. The van der Waals surface area contributed by atoms with Gasteiger partial charge in [0.05, 0.1) is 6.61 Å². The van der Waals surface area contributed by atoms with Crippen LogP contribution in [0.4, 0.5) is 0 Å². The number of hydrogen-bond donors (Lipinski definition) is 0. The summed E-state index contributed by atoms with van der Waals surface area (Å²) in [6.45, 7) is 5.12. The Bertz CT molecular complexity index is 388. The molecule has 0 aromatic heterocycles. The maximum Gasteiger partial charge on any atom is 0.330 e. The molecule has 2 heteroatoms. The van der Waals surface area contributed by atoms with Gasteiger partial charge in [0.15, 0.2) is 0 Å². The smallest absolute Gasteiger partial charge is 0.330 e. The third-order valence-corrected chi connectivity index (χ3v) is 6.47. The molecule has 0 fully saturated rings. The number of carbonyl (C=O) groups is 1. The van der Waals surface area contributed by atoms with Crippen molar-refractivity contribution < 1.29 is 9.53 Å². The van der Waals surface area contributed by atoms with Crippen molar-refractivity contribution in [1.82, 2.24) is 0 Å². The highest BCUT2D eigenvalue weighted by atomic mass is 16.5. The fourth-order valence-corrected chi connectivity index (χ4v) is 4.27. The lowest BCUT2D eigenvalue weighted by Gasteiger charge is -2.03.